The smallest absolute Gasteiger partial charge is 0.403 e. The molecular formula is C12H9F2NO4. The molecule has 0 amide bonds. The maximum atomic E-state index is 13.6. The zero-order valence-electron chi connectivity index (χ0n) is 9.76. The number of furan rings is 1. The summed E-state index contributed by atoms with van der Waals surface area (Å²) >= 11 is 0. The van der Waals surface area contributed by atoms with Gasteiger partial charge in [-0.1, -0.05) is 0 Å². The van der Waals surface area contributed by atoms with Crippen LogP contribution >= 0.6 is 0 Å². The zero-order valence-corrected chi connectivity index (χ0v) is 9.76. The van der Waals surface area contributed by atoms with Crippen molar-refractivity contribution in [2.75, 3.05) is 0 Å². The fourth-order valence-corrected chi connectivity index (χ4v) is 1.63. The first-order valence-corrected chi connectivity index (χ1v) is 5.28. The van der Waals surface area contributed by atoms with Crippen LogP contribution < -0.4 is 0 Å². The molecule has 0 saturated heterocycles. The Bertz CT molecular complexity index is 639. The Balaban J connectivity index is 2.40. The van der Waals surface area contributed by atoms with E-state index >= 15 is 0 Å². The Morgan fingerprint density at radius 1 is 1.32 bits per heavy atom. The molecule has 0 aliphatic rings. The minimum Gasteiger partial charge on any atom is -0.403 e. The van der Waals surface area contributed by atoms with Gasteiger partial charge in [0.1, 0.15) is 28.4 Å². The fraction of sp³-hybridized carbons (Fsp3) is 0.167. The van der Waals surface area contributed by atoms with E-state index in [0.717, 1.165) is 12.1 Å². The van der Waals surface area contributed by atoms with Crippen molar-refractivity contribution < 1.29 is 23.2 Å². The van der Waals surface area contributed by atoms with Crippen LogP contribution in [0.1, 0.15) is 23.0 Å². The first-order chi connectivity index (χ1) is 8.90. The van der Waals surface area contributed by atoms with Gasteiger partial charge in [-0.2, -0.15) is 0 Å². The van der Waals surface area contributed by atoms with Crippen molar-refractivity contribution in [1.29, 1.82) is 0 Å². The number of aryl methyl sites for hydroxylation is 1. The van der Waals surface area contributed by atoms with Crippen molar-refractivity contribution in [3.8, 4) is 0 Å². The van der Waals surface area contributed by atoms with Gasteiger partial charge in [0.2, 0.25) is 0 Å². The number of halogens is 2. The number of aliphatic hydroxyl groups is 1. The normalized spacial score (nSPS) is 12.4. The Hall–Kier alpha value is -2.28. The van der Waals surface area contributed by atoms with Crippen LogP contribution in [0.3, 0.4) is 0 Å². The van der Waals surface area contributed by atoms with Crippen LogP contribution in [0, 0.1) is 28.7 Å². The van der Waals surface area contributed by atoms with Crippen LogP contribution in [-0.4, -0.2) is 10.0 Å². The van der Waals surface area contributed by atoms with Crippen LogP contribution in [-0.2, 0) is 0 Å². The second-order valence-corrected chi connectivity index (χ2v) is 3.96. The monoisotopic (exact) mass is 269 g/mol. The maximum absolute atomic E-state index is 13.6. The molecule has 0 bridgehead atoms. The summed E-state index contributed by atoms with van der Waals surface area (Å²) in [6.07, 6.45) is -1.53. The summed E-state index contributed by atoms with van der Waals surface area (Å²) < 4.78 is 31.4. The molecule has 0 radical (unpaired) electrons. The minimum absolute atomic E-state index is 0.150. The van der Waals surface area contributed by atoms with E-state index in [4.69, 9.17) is 4.42 Å². The Labute approximate surface area is 106 Å². The summed E-state index contributed by atoms with van der Waals surface area (Å²) in [5, 5.41) is 20.3. The Morgan fingerprint density at radius 3 is 2.58 bits per heavy atom. The molecular weight excluding hydrogens is 260 g/mol. The molecule has 1 heterocycles. The van der Waals surface area contributed by atoms with Gasteiger partial charge in [-0.15, -0.1) is 0 Å². The van der Waals surface area contributed by atoms with Gasteiger partial charge in [0.25, 0.3) is 0 Å². The first-order valence-electron chi connectivity index (χ1n) is 5.28. The molecule has 0 saturated carbocycles. The predicted octanol–water partition coefficient (Wildman–Crippen LogP) is 2.86. The SMILES string of the molecule is Cc1cc(C(O)c2ccc([N+](=O)[O-])o2)c(F)cc1F. The van der Waals surface area contributed by atoms with E-state index in [1.165, 1.54) is 13.0 Å². The highest BCUT2D eigenvalue weighted by atomic mass is 19.1. The highest BCUT2D eigenvalue weighted by Crippen LogP contribution is 2.29. The number of nitrogens with zero attached hydrogens (tertiary/aromatic N) is 1. The lowest BCUT2D eigenvalue weighted by Crippen LogP contribution is -2.03. The molecule has 1 aromatic carbocycles. The average Bonchev–Trinajstić information content (AvgIpc) is 2.82. The van der Waals surface area contributed by atoms with E-state index in [0.29, 0.717) is 6.07 Å². The molecule has 0 aliphatic carbocycles. The quantitative estimate of drug-likeness (QED) is 0.686. The van der Waals surface area contributed by atoms with Crippen LogP contribution in [0.2, 0.25) is 0 Å². The average molecular weight is 269 g/mol. The van der Waals surface area contributed by atoms with Crippen molar-refractivity contribution in [3.05, 3.63) is 62.9 Å². The van der Waals surface area contributed by atoms with Gasteiger partial charge in [0.15, 0.2) is 0 Å². The maximum Gasteiger partial charge on any atom is 0.433 e. The third-order valence-electron chi connectivity index (χ3n) is 2.63. The third kappa shape index (κ3) is 2.45. The first kappa shape index (κ1) is 13.2. The van der Waals surface area contributed by atoms with E-state index in [-0.39, 0.29) is 16.9 Å². The van der Waals surface area contributed by atoms with Crippen molar-refractivity contribution in [2.24, 2.45) is 0 Å². The van der Waals surface area contributed by atoms with E-state index in [9.17, 15) is 24.0 Å². The summed E-state index contributed by atoms with van der Waals surface area (Å²) in [6, 6.07) is 3.99. The molecule has 0 spiro atoms. The Kier molecular flexibility index (Phi) is 3.30. The standard InChI is InChI=1S/C12H9F2NO4/c1-6-4-7(9(14)5-8(6)13)12(16)10-2-3-11(19-10)15(17)18/h2-5,12,16H,1H3. The molecule has 7 heteroatoms. The summed E-state index contributed by atoms with van der Waals surface area (Å²) in [5.74, 6) is -2.43. The van der Waals surface area contributed by atoms with Crippen LogP contribution in [0.25, 0.3) is 0 Å². The highest BCUT2D eigenvalue weighted by Gasteiger charge is 2.22. The van der Waals surface area contributed by atoms with Crippen molar-refractivity contribution in [3.63, 3.8) is 0 Å². The van der Waals surface area contributed by atoms with E-state index in [1.54, 1.807) is 0 Å². The van der Waals surface area contributed by atoms with Crippen LogP contribution in [0.5, 0.6) is 0 Å². The zero-order chi connectivity index (χ0) is 14.2. The number of benzene rings is 1. The van der Waals surface area contributed by atoms with Gasteiger partial charge in [-0.05, 0) is 24.6 Å². The van der Waals surface area contributed by atoms with Gasteiger partial charge < -0.3 is 9.52 Å². The number of aliphatic hydroxyl groups excluding tert-OH is 1. The lowest BCUT2D eigenvalue weighted by atomic mass is 10.0. The lowest BCUT2D eigenvalue weighted by Gasteiger charge is -2.10. The van der Waals surface area contributed by atoms with Gasteiger partial charge in [-0.25, -0.2) is 8.78 Å². The molecule has 1 N–H and O–H groups in total. The van der Waals surface area contributed by atoms with Crippen LogP contribution in [0.15, 0.2) is 28.7 Å². The molecule has 1 atom stereocenters. The molecule has 1 aromatic heterocycles. The molecule has 0 fully saturated rings. The predicted molar refractivity (Wildman–Crippen MR) is 60.5 cm³/mol. The topological polar surface area (TPSA) is 76.5 Å². The molecule has 5 nitrogen and oxygen atoms in total. The van der Waals surface area contributed by atoms with E-state index in [2.05, 4.69) is 0 Å². The van der Waals surface area contributed by atoms with Crippen LogP contribution in [0.4, 0.5) is 14.7 Å². The Morgan fingerprint density at radius 2 is 2.00 bits per heavy atom. The molecule has 2 rings (SSSR count). The summed E-state index contributed by atoms with van der Waals surface area (Å²) in [6.45, 7) is 1.41. The highest BCUT2D eigenvalue weighted by molar-refractivity contribution is 5.32. The van der Waals surface area contributed by atoms with Gasteiger partial charge >= 0.3 is 5.88 Å². The van der Waals surface area contributed by atoms with Crippen molar-refractivity contribution in [1.82, 2.24) is 0 Å². The van der Waals surface area contributed by atoms with Crippen molar-refractivity contribution in [2.45, 2.75) is 13.0 Å². The van der Waals surface area contributed by atoms with Crippen molar-refractivity contribution >= 4 is 5.88 Å². The summed E-state index contributed by atoms with van der Waals surface area (Å²) in [4.78, 5) is 9.67. The number of nitro groups is 1. The van der Waals surface area contributed by atoms with E-state index in [1.807, 2.05) is 0 Å². The second-order valence-electron chi connectivity index (χ2n) is 3.96. The van der Waals surface area contributed by atoms with E-state index < -0.39 is 28.5 Å². The second kappa shape index (κ2) is 4.77. The largest absolute Gasteiger partial charge is 0.433 e. The molecule has 100 valence electrons. The number of rotatable bonds is 3. The van der Waals surface area contributed by atoms with Gasteiger partial charge in [0, 0.05) is 11.6 Å². The van der Waals surface area contributed by atoms with Gasteiger partial charge in [0.05, 0.1) is 6.07 Å². The third-order valence-corrected chi connectivity index (χ3v) is 2.63. The minimum atomic E-state index is -1.53. The molecule has 0 aliphatic heterocycles. The molecule has 1 unspecified atom stereocenters. The van der Waals surface area contributed by atoms with Gasteiger partial charge in [-0.3, -0.25) is 10.1 Å². The number of hydrogen-bond donors (Lipinski definition) is 1. The lowest BCUT2D eigenvalue weighted by molar-refractivity contribution is -0.402. The molecule has 19 heavy (non-hydrogen) atoms. The number of hydrogen-bond acceptors (Lipinski definition) is 4. The molecule has 2 aromatic rings. The summed E-state index contributed by atoms with van der Waals surface area (Å²) in [7, 11) is 0. The summed E-state index contributed by atoms with van der Waals surface area (Å²) in [5.41, 5.74) is -0.0559. The fourth-order valence-electron chi connectivity index (χ4n) is 1.63.